The van der Waals surface area contributed by atoms with E-state index >= 15 is 0 Å². The molecule has 0 bridgehead atoms. The first-order valence-corrected chi connectivity index (χ1v) is 11.6. The van der Waals surface area contributed by atoms with E-state index in [1.165, 1.54) is 11.1 Å². The van der Waals surface area contributed by atoms with Gasteiger partial charge in [-0.1, -0.05) is 29.8 Å². The summed E-state index contributed by atoms with van der Waals surface area (Å²) in [7, 11) is 0. The van der Waals surface area contributed by atoms with Crippen LogP contribution in [0.1, 0.15) is 42.1 Å². The van der Waals surface area contributed by atoms with E-state index in [2.05, 4.69) is 53.1 Å². The minimum absolute atomic E-state index is 0.262. The van der Waals surface area contributed by atoms with E-state index < -0.39 is 5.79 Å². The van der Waals surface area contributed by atoms with Crippen LogP contribution < -0.4 is 21.7 Å². The lowest BCUT2D eigenvalue weighted by molar-refractivity contribution is 0.412. The number of benzene rings is 2. The number of halogens is 1. The molecular weight excluding hydrogens is 434 g/mol. The average molecular weight is 462 g/mol. The van der Waals surface area contributed by atoms with Crippen molar-refractivity contribution in [3.05, 3.63) is 88.3 Å². The van der Waals surface area contributed by atoms with Crippen molar-refractivity contribution in [2.24, 2.45) is 10.7 Å². The summed E-state index contributed by atoms with van der Waals surface area (Å²) in [6.07, 6.45) is 6.82. The fourth-order valence-corrected chi connectivity index (χ4v) is 4.35. The van der Waals surface area contributed by atoms with Crippen molar-refractivity contribution in [3.63, 3.8) is 0 Å². The monoisotopic (exact) mass is 461 g/mol. The molecule has 2 aliphatic rings. The highest BCUT2D eigenvalue weighted by Crippen LogP contribution is 2.29. The highest BCUT2D eigenvalue weighted by atomic mass is 35.5. The van der Waals surface area contributed by atoms with E-state index in [4.69, 9.17) is 22.3 Å². The smallest absolute Gasteiger partial charge is 0.211 e. The van der Waals surface area contributed by atoms with Gasteiger partial charge in [-0.2, -0.15) is 5.10 Å². The molecule has 3 aromatic rings. The quantitative estimate of drug-likeness (QED) is 0.471. The van der Waals surface area contributed by atoms with Gasteiger partial charge in [0, 0.05) is 52.4 Å². The number of amidine groups is 1. The number of nitrogens with one attached hydrogen (secondary N) is 3. The summed E-state index contributed by atoms with van der Waals surface area (Å²) in [4.78, 5) is 4.94. The molecule has 0 amide bonds. The molecule has 1 aromatic heterocycles. The third-order valence-corrected chi connectivity index (χ3v) is 6.28. The van der Waals surface area contributed by atoms with Crippen molar-refractivity contribution < 1.29 is 0 Å². The fourth-order valence-electron chi connectivity index (χ4n) is 4.16. The number of nitrogens with zero attached hydrogens (tertiary/aromatic N) is 3. The number of anilines is 1. The van der Waals surface area contributed by atoms with Crippen molar-refractivity contribution in [1.82, 2.24) is 20.4 Å². The van der Waals surface area contributed by atoms with Crippen LogP contribution in [0.3, 0.4) is 0 Å². The fraction of sp³-hybridized carbons (Fsp3) is 0.280. The van der Waals surface area contributed by atoms with E-state index in [9.17, 15) is 0 Å². The Morgan fingerprint density at radius 2 is 2.06 bits per heavy atom. The second kappa shape index (κ2) is 8.67. The third kappa shape index (κ3) is 4.39. The molecular formula is C25H28ClN7. The lowest BCUT2D eigenvalue weighted by atomic mass is 10.00. The zero-order valence-corrected chi connectivity index (χ0v) is 19.5. The number of nitrogens with two attached hydrogens (primary N) is 1. The Morgan fingerprint density at radius 1 is 1.18 bits per heavy atom. The van der Waals surface area contributed by atoms with Crippen LogP contribution in [0.5, 0.6) is 0 Å². The molecule has 5 N–H and O–H groups in total. The van der Waals surface area contributed by atoms with Gasteiger partial charge in [-0.05, 0) is 62.2 Å². The maximum atomic E-state index is 6.73. The van der Waals surface area contributed by atoms with E-state index in [0.717, 1.165) is 41.9 Å². The van der Waals surface area contributed by atoms with E-state index in [1.807, 2.05) is 47.5 Å². The number of rotatable bonds is 4. The predicted octanol–water partition coefficient (Wildman–Crippen LogP) is 3.99. The lowest BCUT2D eigenvalue weighted by Crippen LogP contribution is -2.50. The second-order valence-corrected chi connectivity index (χ2v) is 9.21. The van der Waals surface area contributed by atoms with Crippen LogP contribution in [0.15, 0.2) is 66.1 Å². The molecule has 170 valence electrons. The van der Waals surface area contributed by atoms with Crippen LogP contribution >= 0.6 is 11.6 Å². The van der Waals surface area contributed by atoms with Gasteiger partial charge in [-0.3, -0.25) is 10.4 Å². The van der Waals surface area contributed by atoms with Gasteiger partial charge in [-0.15, -0.1) is 0 Å². The Hall–Kier alpha value is -3.13. The summed E-state index contributed by atoms with van der Waals surface area (Å²) in [6, 6.07) is 14.2. The summed E-state index contributed by atoms with van der Waals surface area (Å²) >= 11 is 6.24. The first kappa shape index (κ1) is 21.7. The lowest BCUT2D eigenvalue weighted by Gasteiger charge is -2.32. The summed E-state index contributed by atoms with van der Waals surface area (Å²) < 4.78 is 1.93. The second-order valence-electron chi connectivity index (χ2n) is 8.78. The number of hydrogen-bond donors (Lipinski definition) is 4. The third-order valence-electron chi connectivity index (χ3n) is 6.04. The van der Waals surface area contributed by atoms with Crippen molar-refractivity contribution in [2.45, 2.75) is 38.6 Å². The van der Waals surface area contributed by atoms with Gasteiger partial charge >= 0.3 is 0 Å². The van der Waals surface area contributed by atoms with E-state index in [1.54, 1.807) is 0 Å². The number of aliphatic imine (C=N–C) groups is 1. The molecule has 0 spiro atoms. The van der Waals surface area contributed by atoms with Crippen LogP contribution in [0.4, 0.5) is 5.69 Å². The van der Waals surface area contributed by atoms with Gasteiger partial charge in [0.05, 0.1) is 6.20 Å². The van der Waals surface area contributed by atoms with Crippen LogP contribution in [-0.4, -0.2) is 22.2 Å². The zero-order valence-electron chi connectivity index (χ0n) is 18.8. The standard InChI is InChI=1S/C25H28ClN7/c1-16(2)33-15-19(13-30-33)23-14-29-25(27,20-4-3-5-21(26)11-20)32-24(23)31-22-7-6-17-8-9-28-12-18(17)10-22/h3-7,10-11,13-16,28-29H,8-9,12,27H2,1-2H3,(H,31,32). The SMILES string of the molecule is CC(C)n1cc(C2=CNC(N)(c3cccc(Cl)c3)N=C2Nc2ccc3c(c2)CNCC3)cn1. The molecule has 0 radical (unpaired) electrons. The summed E-state index contributed by atoms with van der Waals surface area (Å²) in [5.41, 5.74) is 13.0. The van der Waals surface area contributed by atoms with Gasteiger partial charge in [0.15, 0.2) is 0 Å². The molecule has 7 nitrogen and oxygen atoms in total. The first-order valence-electron chi connectivity index (χ1n) is 11.2. The first-order chi connectivity index (χ1) is 15.9. The maximum Gasteiger partial charge on any atom is 0.211 e. The molecule has 0 aliphatic carbocycles. The average Bonchev–Trinajstić information content (AvgIpc) is 3.30. The Labute approximate surface area is 198 Å². The largest absolute Gasteiger partial charge is 0.351 e. The topological polar surface area (TPSA) is 92.3 Å². The van der Waals surface area contributed by atoms with Crippen molar-refractivity contribution in [1.29, 1.82) is 0 Å². The molecule has 1 unspecified atom stereocenters. The molecule has 0 saturated heterocycles. The minimum Gasteiger partial charge on any atom is -0.351 e. The molecule has 2 aromatic carbocycles. The highest BCUT2D eigenvalue weighted by Gasteiger charge is 2.31. The number of aromatic nitrogens is 2. The highest BCUT2D eigenvalue weighted by molar-refractivity contribution is 6.30. The summed E-state index contributed by atoms with van der Waals surface area (Å²) in [5.74, 6) is -0.483. The summed E-state index contributed by atoms with van der Waals surface area (Å²) in [6.45, 7) is 6.08. The van der Waals surface area contributed by atoms with Crippen molar-refractivity contribution >= 4 is 28.7 Å². The normalized spacial score (nSPS) is 20.0. The zero-order chi connectivity index (χ0) is 23.0. The van der Waals surface area contributed by atoms with Gasteiger partial charge in [0.25, 0.3) is 0 Å². The Morgan fingerprint density at radius 3 is 2.85 bits per heavy atom. The molecule has 5 rings (SSSR count). The van der Waals surface area contributed by atoms with Gasteiger partial charge in [-0.25, -0.2) is 4.99 Å². The number of hydrogen-bond acceptors (Lipinski definition) is 6. The number of fused-ring (bicyclic) bond motifs is 1. The van der Waals surface area contributed by atoms with Crippen LogP contribution in [0.25, 0.3) is 5.57 Å². The Kier molecular flexibility index (Phi) is 5.70. The van der Waals surface area contributed by atoms with E-state index in [-0.39, 0.29) is 6.04 Å². The van der Waals surface area contributed by atoms with Gasteiger partial charge in [0.2, 0.25) is 5.79 Å². The summed E-state index contributed by atoms with van der Waals surface area (Å²) in [5, 5.41) is 15.3. The minimum atomic E-state index is -1.15. The molecule has 2 aliphatic heterocycles. The predicted molar refractivity (Wildman–Crippen MR) is 134 cm³/mol. The maximum absolute atomic E-state index is 6.73. The van der Waals surface area contributed by atoms with E-state index in [0.29, 0.717) is 10.9 Å². The van der Waals surface area contributed by atoms with Crippen LogP contribution in [-0.2, 0) is 18.8 Å². The molecule has 0 saturated carbocycles. The van der Waals surface area contributed by atoms with Crippen molar-refractivity contribution in [3.8, 4) is 0 Å². The van der Waals surface area contributed by atoms with Gasteiger partial charge < -0.3 is 16.0 Å². The molecule has 3 heterocycles. The molecule has 0 fully saturated rings. The molecule has 33 heavy (non-hydrogen) atoms. The molecule has 1 atom stereocenters. The Balaban J connectivity index is 1.54. The Bertz CT molecular complexity index is 1240. The van der Waals surface area contributed by atoms with Gasteiger partial charge in [0.1, 0.15) is 5.84 Å². The van der Waals surface area contributed by atoms with Crippen LogP contribution in [0, 0.1) is 0 Å². The van der Waals surface area contributed by atoms with Crippen molar-refractivity contribution in [2.75, 3.05) is 11.9 Å². The van der Waals surface area contributed by atoms with Crippen LogP contribution in [0.2, 0.25) is 5.02 Å². The molecule has 8 heteroatoms.